The van der Waals surface area contributed by atoms with Crippen LogP contribution in [0.3, 0.4) is 0 Å². The van der Waals surface area contributed by atoms with Crippen molar-refractivity contribution >= 4 is 0 Å². The van der Waals surface area contributed by atoms with Gasteiger partial charge in [0, 0.05) is 0 Å². The van der Waals surface area contributed by atoms with Crippen LogP contribution in [0.2, 0.25) is 0 Å². The zero-order valence-electron chi connectivity index (χ0n) is 10.5. The van der Waals surface area contributed by atoms with E-state index < -0.39 is 0 Å². The monoisotopic (exact) mass is 317 g/mol. The fourth-order valence-corrected chi connectivity index (χ4v) is 1.57. The van der Waals surface area contributed by atoms with E-state index in [1.165, 1.54) is 38.5 Å². The Balaban J connectivity index is 0.000000284. The van der Waals surface area contributed by atoms with Crippen molar-refractivity contribution in [3.8, 4) is 0 Å². The summed E-state index contributed by atoms with van der Waals surface area (Å²) in [7, 11) is 0. The van der Waals surface area contributed by atoms with E-state index >= 15 is 0 Å². The summed E-state index contributed by atoms with van der Waals surface area (Å²) in [6, 6.07) is 0. The van der Waals surface area contributed by atoms with Crippen LogP contribution in [-0.4, -0.2) is 0 Å². The zero-order chi connectivity index (χ0) is 11.3. The van der Waals surface area contributed by atoms with Gasteiger partial charge in [-0.3, -0.25) is 12.2 Å². The van der Waals surface area contributed by atoms with Crippen molar-refractivity contribution < 1.29 is 19.5 Å². The summed E-state index contributed by atoms with van der Waals surface area (Å²) in [5, 5.41) is 0. The van der Waals surface area contributed by atoms with Crippen LogP contribution in [-0.2, 0) is 19.5 Å². The maximum atomic E-state index is 3.21. The number of hydrogen-bond donors (Lipinski definition) is 0. The van der Waals surface area contributed by atoms with E-state index in [0.29, 0.717) is 0 Å². The van der Waals surface area contributed by atoms with Crippen LogP contribution in [0.5, 0.6) is 0 Å². The van der Waals surface area contributed by atoms with Crippen LogP contribution in [0.4, 0.5) is 0 Å². The molecule has 0 saturated heterocycles. The van der Waals surface area contributed by atoms with Gasteiger partial charge in [0.05, 0.1) is 0 Å². The molecule has 2 rings (SSSR count). The van der Waals surface area contributed by atoms with Crippen molar-refractivity contribution in [2.45, 2.75) is 51.4 Å². The molecule has 2 aliphatic carbocycles. The third-order valence-electron chi connectivity index (χ3n) is 2.49. The molecule has 17 heavy (non-hydrogen) atoms. The molecule has 1 heteroatoms. The minimum absolute atomic E-state index is 0. The van der Waals surface area contributed by atoms with Gasteiger partial charge in [0.1, 0.15) is 0 Å². The van der Waals surface area contributed by atoms with Gasteiger partial charge in [-0.1, -0.05) is 50.0 Å². The smallest absolute Gasteiger partial charge is 0.500 e. The van der Waals surface area contributed by atoms with Crippen LogP contribution in [0.15, 0.2) is 36.5 Å². The van der Waals surface area contributed by atoms with Gasteiger partial charge >= 0.3 is 19.5 Å². The van der Waals surface area contributed by atoms with Gasteiger partial charge in [0.25, 0.3) is 0 Å². The minimum Gasteiger partial charge on any atom is -0.500 e. The van der Waals surface area contributed by atoms with E-state index in [2.05, 4.69) is 48.6 Å². The van der Waals surface area contributed by atoms with E-state index in [1.807, 2.05) is 0 Å². The molecule has 1 radical (unpaired) electrons. The first-order chi connectivity index (χ1) is 8.00. The molecule has 0 nitrogen and oxygen atoms in total. The molecule has 0 aromatic carbocycles. The third kappa shape index (κ3) is 11.8. The van der Waals surface area contributed by atoms with Gasteiger partial charge in [-0.15, -0.1) is 0 Å². The molecule has 0 N–H and O–H groups in total. The summed E-state index contributed by atoms with van der Waals surface area (Å²) in [5.74, 6) is 0. The molecule has 0 saturated carbocycles. The van der Waals surface area contributed by atoms with E-state index in [0.717, 1.165) is 12.8 Å². The maximum absolute atomic E-state index is 3.21. The van der Waals surface area contributed by atoms with Crippen molar-refractivity contribution in [3.05, 3.63) is 48.6 Å². The van der Waals surface area contributed by atoms with Crippen molar-refractivity contribution in [2.24, 2.45) is 0 Å². The van der Waals surface area contributed by atoms with E-state index in [1.54, 1.807) is 0 Å². The molecule has 0 heterocycles. The van der Waals surface area contributed by atoms with Crippen LogP contribution in [0.1, 0.15) is 51.4 Å². The first-order valence-corrected chi connectivity index (χ1v) is 6.40. The molecule has 0 spiro atoms. The fraction of sp³-hybridized carbons (Fsp3) is 0.500. The van der Waals surface area contributed by atoms with Crippen molar-refractivity contribution in [3.63, 3.8) is 0 Å². The molecule has 0 atom stereocenters. The summed E-state index contributed by atoms with van der Waals surface area (Å²) in [6.45, 7) is 0. The Morgan fingerprint density at radius 2 is 0.941 bits per heavy atom. The molecular formula is C16H22Rh. The average molecular weight is 317 g/mol. The van der Waals surface area contributed by atoms with Crippen molar-refractivity contribution in [2.75, 3.05) is 0 Å². The summed E-state index contributed by atoms with van der Waals surface area (Å²) in [4.78, 5) is 0. The van der Waals surface area contributed by atoms with Crippen LogP contribution >= 0.6 is 0 Å². The first kappa shape index (κ1) is 16.6. The minimum atomic E-state index is 0. The topological polar surface area (TPSA) is 0 Å². The van der Waals surface area contributed by atoms with E-state index in [9.17, 15) is 0 Å². The van der Waals surface area contributed by atoms with Gasteiger partial charge in [-0.05, 0) is 12.8 Å². The van der Waals surface area contributed by atoms with E-state index in [4.69, 9.17) is 0 Å². The maximum Gasteiger partial charge on any atom is 2.00 e. The Bertz CT molecular complexity index is 179. The molecule has 0 fully saturated rings. The second kappa shape index (κ2) is 13.6. The van der Waals surface area contributed by atoms with Gasteiger partial charge in [0.2, 0.25) is 0 Å². The number of rotatable bonds is 0. The van der Waals surface area contributed by atoms with Crippen LogP contribution < -0.4 is 0 Å². The number of allylic oxidation sites excluding steroid dienone is 8. The Morgan fingerprint density at radius 3 is 1.41 bits per heavy atom. The molecule has 95 valence electrons. The Morgan fingerprint density at radius 1 is 0.529 bits per heavy atom. The first-order valence-electron chi connectivity index (χ1n) is 6.40. The molecule has 0 bridgehead atoms. The van der Waals surface area contributed by atoms with Crippen LogP contribution in [0.25, 0.3) is 0 Å². The second-order valence-corrected chi connectivity index (χ2v) is 3.99. The molecule has 0 aromatic heterocycles. The van der Waals surface area contributed by atoms with Gasteiger partial charge in [-0.2, -0.15) is 12.8 Å². The second-order valence-electron chi connectivity index (χ2n) is 3.99. The van der Waals surface area contributed by atoms with Crippen LogP contribution in [0, 0.1) is 12.2 Å². The molecule has 0 aliphatic heterocycles. The van der Waals surface area contributed by atoms with E-state index in [-0.39, 0.29) is 19.5 Å². The normalized spacial score (nSPS) is 20.7. The third-order valence-corrected chi connectivity index (χ3v) is 2.49. The summed E-state index contributed by atoms with van der Waals surface area (Å²) in [6.07, 6.45) is 29.0. The molecule has 2 aliphatic rings. The fourth-order valence-electron chi connectivity index (χ4n) is 1.57. The summed E-state index contributed by atoms with van der Waals surface area (Å²) < 4.78 is 0. The van der Waals surface area contributed by atoms with Gasteiger partial charge in [-0.25, -0.2) is 0 Å². The predicted molar refractivity (Wildman–Crippen MR) is 70.8 cm³/mol. The molecule has 0 unspecified atom stereocenters. The van der Waals surface area contributed by atoms with Gasteiger partial charge < -0.3 is 12.2 Å². The predicted octanol–water partition coefficient (Wildman–Crippen LogP) is 4.95. The summed E-state index contributed by atoms with van der Waals surface area (Å²) >= 11 is 0. The standard InChI is InChI=1S/2C8H11.Rh/c2*1-2-4-6-8-7-5-3-1;/h2*1-2,7H,3-6H2;/q2*-1;+2/b2-1-;;. The number of hydrogen-bond acceptors (Lipinski definition) is 0. The van der Waals surface area contributed by atoms with Gasteiger partial charge in [0.15, 0.2) is 0 Å². The summed E-state index contributed by atoms with van der Waals surface area (Å²) in [5.41, 5.74) is 0. The van der Waals surface area contributed by atoms with Crippen molar-refractivity contribution in [1.29, 1.82) is 0 Å². The zero-order valence-corrected chi connectivity index (χ0v) is 12.1. The Labute approximate surface area is 119 Å². The average Bonchev–Trinajstić information content (AvgIpc) is 2.15. The quantitative estimate of drug-likeness (QED) is 0.337. The molecule has 0 amide bonds. The molecule has 0 aromatic rings. The molecular weight excluding hydrogens is 295 g/mol. The largest absolute Gasteiger partial charge is 2.00 e. The Kier molecular flexibility index (Phi) is 13.3. The SMILES string of the molecule is [C-]1=CCC/C=C\CC1.[C-]1=CCCC=CCC1.[Rh+2]. The van der Waals surface area contributed by atoms with Crippen molar-refractivity contribution in [1.82, 2.24) is 0 Å². The Hall–Kier alpha value is -0.417.